The normalized spacial score (nSPS) is 14.4. The van der Waals surface area contributed by atoms with Crippen molar-refractivity contribution in [1.29, 1.82) is 0 Å². The molecule has 0 aromatic heterocycles. The fraction of sp³-hybridized carbons (Fsp3) is 0.304. The Morgan fingerprint density at radius 2 is 1.44 bits per heavy atom. The monoisotopic (exact) mass is 348 g/mol. The lowest BCUT2D eigenvalue weighted by atomic mass is 9.88. The minimum atomic E-state index is -1.68. The molecule has 0 saturated carbocycles. The Kier molecular flexibility index (Phi) is 5.12. The molecule has 0 amide bonds. The zero-order valence-electron chi connectivity index (χ0n) is 15.8. The van der Waals surface area contributed by atoms with Gasteiger partial charge in [-0.25, -0.2) is 0 Å². The molecule has 0 heterocycles. The number of benzene rings is 3. The van der Waals surface area contributed by atoms with Gasteiger partial charge in [-0.15, -0.1) is 0 Å². The van der Waals surface area contributed by atoms with Crippen LogP contribution in [0.2, 0.25) is 19.6 Å². The first-order valence-electron chi connectivity index (χ1n) is 9.09. The second-order valence-electron chi connectivity index (χ2n) is 7.99. The molecule has 0 aliphatic rings. The predicted molar refractivity (Wildman–Crippen MR) is 110 cm³/mol. The predicted octanol–water partition coefficient (Wildman–Crippen LogP) is 6.54. The van der Waals surface area contributed by atoms with Crippen LogP contribution in [-0.4, -0.2) is 8.32 Å². The third-order valence-electron chi connectivity index (χ3n) is 4.63. The molecule has 0 spiro atoms. The molecule has 0 bridgehead atoms. The van der Waals surface area contributed by atoms with E-state index in [-0.39, 0.29) is 5.60 Å². The van der Waals surface area contributed by atoms with Crippen molar-refractivity contribution in [2.75, 3.05) is 0 Å². The highest BCUT2D eigenvalue weighted by Crippen LogP contribution is 2.35. The van der Waals surface area contributed by atoms with Crippen LogP contribution in [-0.2, 0) is 16.4 Å². The maximum absolute atomic E-state index is 6.72. The Balaban J connectivity index is 1.94. The Labute approximate surface area is 152 Å². The second kappa shape index (κ2) is 7.15. The van der Waals surface area contributed by atoms with Crippen molar-refractivity contribution in [1.82, 2.24) is 0 Å². The average molecular weight is 349 g/mol. The minimum absolute atomic E-state index is 0.260. The summed E-state index contributed by atoms with van der Waals surface area (Å²) >= 11 is 0. The minimum Gasteiger partial charge on any atom is -0.408 e. The summed E-state index contributed by atoms with van der Waals surface area (Å²) < 4.78 is 6.72. The van der Waals surface area contributed by atoms with Gasteiger partial charge < -0.3 is 4.43 Å². The van der Waals surface area contributed by atoms with Gasteiger partial charge in [-0.05, 0) is 67.4 Å². The summed E-state index contributed by atoms with van der Waals surface area (Å²) in [5.74, 6) is 0. The molecule has 3 rings (SSSR count). The van der Waals surface area contributed by atoms with Gasteiger partial charge in [0.25, 0.3) is 0 Å². The van der Waals surface area contributed by atoms with E-state index in [1.165, 1.54) is 21.9 Å². The van der Waals surface area contributed by atoms with Crippen molar-refractivity contribution >= 4 is 19.1 Å². The molecule has 25 heavy (non-hydrogen) atoms. The lowest BCUT2D eigenvalue weighted by Gasteiger charge is -2.37. The van der Waals surface area contributed by atoms with E-state index < -0.39 is 8.32 Å². The molecular weight excluding hydrogens is 320 g/mol. The van der Waals surface area contributed by atoms with Crippen molar-refractivity contribution in [2.45, 2.75) is 45.0 Å². The van der Waals surface area contributed by atoms with E-state index in [0.717, 1.165) is 12.8 Å². The summed E-state index contributed by atoms with van der Waals surface area (Å²) in [5.41, 5.74) is 2.39. The van der Waals surface area contributed by atoms with Crippen LogP contribution >= 0.6 is 0 Å². The summed E-state index contributed by atoms with van der Waals surface area (Å²) in [6.07, 6.45) is 2.01. The molecule has 0 saturated heterocycles. The topological polar surface area (TPSA) is 9.23 Å². The molecule has 0 fully saturated rings. The van der Waals surface area contributed by atoms with Gasteiger partial charge in [-0.1, -0.05) is 66.7 Å². The smallest absolute Gasteiger partial charge is 0.184 e. The van der Waals surface area contributed by atoms with E-state index in [1.54, 1.807) is 0 Å². The summed E-state index contributed by atoms with van der Waals surface area (Å²) in [7, 11) is -1.68. The first kappa shape index (κ1) is 17.9. The number of hydrogen-bond donors (Lipinski definition) is 0. The van der Waals surface area contributed by atoms with Gasteiger partial charge in [-0.3, -0.25) is 0 Å². The third-order valence-corrected chi connectivity index (χ3v) is 5.69. The molecule has 2 heteroatoms. The largest absolute Gasteiger partial charge is 0.408 e. The van der Waals surface area contributed by atoms with Crippen LogP contribution in [0.5, 0.6) is 0 Å². The van der Waals surface area contributed by atoms with E-state index in [0.29, 0.717) is 0 Å². The zero-order valence-corrected chi connectivity index (χ0v) is 16.8. The van der Waals surface area contributed by atoms with Gasteiger partial charge in [0.2, 0.25) is 0 Å². The fourth-order valence-electron chi connectivity index (χ4n) is 3.48. The SMILES string of the molecule is C[C@](CCc1ccccc1)(O[Si](C)(C)C)c1ccc2ccccc2c1. The van der Waals surface area contributed by atoms with Crippen molar-refractivity contribution in [3.8, 4) is 0 Å². The van der Waals surface area contributed by atoms with Crippen molar-refractivity contribution < 1.29 is 4.43 Å². The first-order valence-corrected chi connectivity index (χ1v) is 12.5. The molecule has 0 aliphatic heterocycles. The second-order valence-corrected chi connectivity index (χ2v) is 12.4. The van der Waals surface area contributed by atoms with Gasteiger partial charge in [0.05, 0.1) is 5.60 Å². The Morgan fingerprint density at radius 3 is 2.12 bits per heavy atom. The number of fused-ring (bicyclic) bond motifs is 1. The Morgan fingerprint density at radius 1 is 0.800 bits per heavy atom. The molecule has 0 N–H and O–H groups in total. The molecule has 130 valence electrons. The zero-order chi connectivity index (χ0) is 17.9. The first-order chi connectivity index (χ1) is 11.9. The highest BCUT2D eigenvalue weighted by Gasteiger charge is 2.33. The average Bonchev–Trinajstić information content (AvgIpc) is 2.59. The van der Waals surface area contributed by atoms with Gasteiger partial charge in [0.1, 0.15) is 0 Å². The van der Waals surface area contributed by atoms with Crippen LogP contribution in [0.15, 0.2) is 72.8 Å². The summed E-state index contributed by atoms with van der Waals surface area (Å²) in [5, 5.41) is 2.56. The van der Waals surface area contributed by atoms with E-state index in [4.69, 9.17) is 4.43 Å². The van der Waals surface area contributed by atoms with Crippen molar-refractivity contribution in [3.05, 3.63) is 83.9 Å². The number of hydrogen-bond acceptors (Lipinski definition) is 1. The van der Waals surface area contributed by atoms with E-state index in [1.807, 2.05) is 0 Å². The summed E-state index contributed by atoms with van der Waals surface area (Å²) in [6.45, 7) is 9.08. The van der Waals surface area contributed by atoms with Crippen LogP contribution in [0.25, 0.3) is 10.8 Å². The molecule has 1 atom stereocenters. The van der Waals surface area contributed by atoms with Crippen LogP contribution in [0.4, 0.5) is 0 Å². The number of aryl methyl sites for hydroxylation is 1. The molecule has 3 aromatic rings. The quantitative estimate of drug-likeness (QED) is 0.460. The number of rotatable bonds is 6. The molecular formula is C23H28OSi. The fourth-order valence-corrected chi connectivity index (χ4v) is 5.05. The van der Waals surface area contributed by atoms with E-state index in [9.17, 15) is 0 Å². The molecule has 1 nitrogen and oxygen atoms in total. The van der Waals surface area contributed by atoms with Crippen LogP contribution in [0.1, 0.15) is 24.5 Å². The molecule has 0 unspecified atom stereocenters. The van der Waals surface area contributed by atoms with Gasteiger partial charge in [-0.2, -0.15) is 0 Å². The van der Waals surface area contributed by atoms with Gasteiger partial charge >= 0.3 is 0 Å². The molecule has 3 aromatic carbocycles. The van der Waals surface area contributed by atoms with Gasteiger partial charge in [0, 0.05) is 0 Å². The van der Waals surface area contributed by atoms with E-state index in [2.05, 4.69) is 99.4 Å². The summed E-state index contributed by atoms with van der Waals surface area (Å²) in [6, 6.07) is 26.0. The maximum Gasteiger partial charge on any atom is 0.184 e. The lowest BCUT2D eigenvalue weighted by molar-refractivity contribution is 0.0690. The van der Waals surface area contributed by atoms with E-state index >= 15 is 0 Å². The standard InChI is InChI=1S/C23H28OSi/c1-23(24-25(2,3)4,17-16-19-10-6-5-7-11-19)22-15-14-20-12-8-9-13-21(20)18-22/h5-15,18H,16-17H2,1-4H3/t23-/m1/s1. The third kappa shape index (κ3) is 4.59. The van der Waals surface area contributed by atoms with Gasteiger partial charge in [0.15, 0.2) is 8.32 Å². The lowest BCUT2D eigenvalue weighted by Crippen LogP contribution is -2.39. The van der Waals surface area contributed by atoms with Crippen LogP contribution in [0, 0.1) is 0 Å². The summed E-state index contributed by atoms with van der Waals surface area (Å²) in [4.78, 5) is 0. The van der Waals surface area contributed by atoms with Crippen molar-refractivity contribution in [3.63, 3.8) is 0 Å². The van der Waals surface area contributed by atoms with Crippen LogP contribution < -0.4 is 0 Å². The highest BCUT2D eigenvalue weighted by atomic mass is 28.4. The maximum atomic E-state index is 6.72. The Bertz CT molecular complexity index is 835. The molecule has 0 radical (unpaired) electrons. The van der Waals surface area contributed by atoms with Crippen LogP contribution in [0.3, 0.4) is 0 Å². The Hall–Kier alpha value is -1.90. The molecule has 0 aliphatic carbocycles. The van der Waals surface area contributed by atoms with Crippen molar-refractivity contribution in [2.24, 2.45) is 0 Å². The highest BCUT2D eigenvalue weighted by molar-refractivity contribution is 6.69.